The van der Waals surface area contributed by atoms with Crippen LogP contribution in [0.3, 0.4) is 0 Å². The van der Waals surface area contributed by atoms with Crippen LogP contribution in [0.2, 0.25) is 0 Å². The van der Waals surface area contributed by atoms with Gasteiger partial charge in [-0.15, -0.1) is 0 Å². The van der Waals surface area contributed by atoms with E-state index in [0.29, 0.717) is 17.2 Å². The summed E-state index contributed by atoms with van der Waals surface area (Å²) in [5.74, 6) is 0.637. The number of benzene rings is 2. The van der Waals surface area contributed by atoms with Gasteiger partial charge in [0.25, 0.3) is 5.91 Å². The fraction of sp³-hybridized carbons (Fsp3) is 0.278. The first kappa shape index (κ1) is 18.2. The smallest absolute Gasteiger partial charge is 0.255 e. The third kappa shape index (κ3) is 4.33. The lowest BCUT2D eigenvalue weighted by atomic mass is 10.2. The minimum atomic E-state index is -3.62. The Balaban J connectivity index is 1.81. The van der Waals surface area contributed by atoms with Gasteiger partial charge < -0.3 is 14.8 Å². The Hall–Kier alpha value is -2.58. The van der Waals surface area contributed by atoms with Crippen molar-refractivity contribution in [3.05, 3.63) is 48.0 Å². The number of rotatable bonds is 7. The van der Waals surface area contributed by atoms with Gasteiger partial charge >= 0.3 is 0 Å². The summed E-state index contributed by atoms with van der Waals surface area (Å²) in [6.07, 6.45) is 1.69. The molecular weight excluding hydrogens is 356 g/mol. The largest absolute Gasteiger partial charge is 0.497 e. The molecule has 1 saturated carbocycles. The molecule has 0 unspecified atom stereocenters. The summed E-state index contributed by atoms with van der Waals surface area (Å²) in [6.45, 7) is 0. The van der Waals surface area contributed by atoms with Crippen LogP contribution in [0, 0.1) is 0 Å². The summed E-state index contributed by atoms with van der Waals surface area (Å²) in [7, 11) is -0.586. The van der Waals surface area contributed by atoms with Crippen molar-refractivity contribution >= 4 is 21.6 Å². The molecule has 2 aromatic rings. The van der Waals surface area contributed by atoms with Gasteiger partial charge in [0.05, 0.1) is 19.1 Å². The van der Waals surface area contributed by atoms with Crippen molar-refractivity contribution in [1.82, 2.24) is 4.72 Å². The molecule has 138 valence electrons. The second-order valence-electron chi connectivity index (χ2n) is 5.98. The molecule has 1 aliphatic carbocycles. The molecule has 1 amide bonds. The second kappa shape index (κ2) is 7.35. The fourth-order valence-electron chi connectivity index (χ4n) is 2.38. The Bertz CT molecular complexity index is 901. The number of carbonyl (C=O) groups excluding carboxylic acids is 1. The standard InChI is InChI=1S/C18H20N2O5S/c1-24-15-9-14(10-16(11-15)25-2)19-18(21)12-4-3-5-17(8-12)26(22,23)20-13-6-7-13/h3-5,8-11,13,20H,6-7H2,1-2H3,(H,19,21). The highest BCUT2D eigenvalue weighted by atomic mass is 32.2. The maximum absolute atomic E-state index is 12.5. The van der Waals surface area contributed by atoms with Gasteiger partial charge in [0.2, 0.25) is 10.0 Å². The van der Waals surface area contributed by atoms with Crippen LogP contribution in [0.15, 0.2) is 47.4 Å². The van der Waals surface area contributed by atoms with E-state index in [1.54, 1.807) is 30.3 Å². The SMILES string of the molecule is COc1cc(NC(=O)c2cccc(S(=O)(=O)NC3CC3)c2)cc(OC)c1. The predicted octanol–water partition coefficient (Wildman–Crippen LogP) is 2.40. The van der Waals surface area contributed by atoms with Gasteiger partial charge in [-0.05, 0) is 31.0 Å². The molecule has 0 aromatic heterocycles. The van der Waals surface area contributed by atoms with Gasteiger partial charge in [-0.2, -0.15) is 0 Å². The molecule has 0 bridgehead atoms. The van der Waals surface area contributed by atoms with Crippen LogP contribution < -0.4 is 19.5 Å². The Morgan fingerprint density at radius 3 is 2.27 bits per heavy atom. The first-order chi connectivity index (χ1) is 12.4. The molecule has 8 heteroatoms. The van der Waals surface area contributed by atoms with Crippen molar-refractivity contribution in [3.8, 4) is 11.5 Å². The van der Waals surface area contributed by atoms with Crippen LogP contribution in [0.1, 0.15) is 23.2 Å². The van der Waals surface area contributed by atoms with Gasteiger partial charge in [0.15, 0.2) is 0 Å². The number of sulfonamides is 1. The highest BCUT2D eigenvalue weighted by molar-refractivity contribution is 7.89. The molecule has 0 heterocycles. The number of nitrogens with one attached hydrogen (secondary N) is 2. The minimum absolute atomic E-state index is 0.00160. The average Bonchev–Trinajstić information content (AvgIpc) is 3.44. The number of methoxy groups -OCH3 is 2. The first-order valence-electron chi connectivity index (χ1n) is 8.08. The highest BCUT2D eigenvalue weighted by Gasteiger charge is 2.28. The molecule has 1 aliphatic rings. The first-order valence-corrected chi connectivity index (χ1v) is 9.56. The Kier molecular flexibility index (Phi) is 5.15. The van der Waals surface area contributed by atoms with Gasteiger partial charge in [-0.3, -0.25) is 4.79 Å². The van der Waals surface area contributed by atoms with Crippen molar-refractivity contribution in [3.63, 3.8) is 0 Å². The quantitative estimate of drug-likeness (QED) is 0.774. The Morgan fingerprint density at radius 1 is 1.04 bits per heavy atom. The van der Waals surface area contributed by atoms with E-state index in [9.17, 15) is 13.2 Å². The fourth-order valence-corrected chi connectivity index (χ4v) is 3.73. The predicted molar refractivity (Wildman–Crippen MR) is 97.3 cm³/mol. The molecule has 1 fully saturated rings. The third-order valence-corrected chi connectivity index (χ3v) is 5.43. The van der Waals surface area contributed by atoms with Gasteiger partial charge in [0, 0.05) is 35.5 Å². The zero-order valence-corrected chi connectivity index (χ0v) is 15.3. The summed E-state index contributed by atoms with van der Waals surface area (Å²) in [5.41, 5.74) is 0.723. The average molecular weight is 376 g/mol. The molecule has 0 atom stereocenters. The number of anilines is 1. The maximum Gasteiger partial charge on any atom is 0.255 e. The molecule has 2 aromatic carbocycles. The van der Waals surface area contributed by atoms with E-state index in [2.05, 4.69) is 10.0 Å². The second-order valence-corrected chi connectivity index (χ2v) is 7.69. The van der Waals surface area contributed by atoms with E-state index in [-0.39, 0.29) is 16.5 Å². The third-order valence-electron chi connectivity index (χ3n) is 3.92. The van der Waals surface area contributed by atoms with E-state index < -0.39 is 15.9 Å². The van der Waals surface area contributed by atoms with E-state index >= 15 is 0 Å². The van der Waals surface area contributed by atoms with Crippen LogP contribution in [-0.4, -0.2) is 34.6 Å². The Morgan fingerprint density at radius 2 is 1.69 bits per heavy atom. The Labute approximate surface area is 152 Å². The molecule has 0 aliphatic heterocycles. The molecule has 0 saturated heterocycles. The maximum atomic E-state index is 12.5. The molecule has 2 N–H and O–H groups in total. The van der Waals surface area contributed by atoms with Crippen molar-refractivity contribution < 1.29 is 22.7 Å². The lowest BCUT2D eigenvalue weighted by molar-refractivity contribution is 0.102. The van der Waals surface area contributed by atoms with Crippen molar-refractivity contribution in [2.24, 2.45) is 0 Å². The van der Waals surface area contributed by atoms with Crippen LogP contribution in [0.4, 0.5) is 5.69 Å². The zero-order chi connectivity index (χ0) is 18.7. The van der Waals surface area contributed by atoms with Crippen LogP contribution in [-0.2, 0) is 10.0 Å². The van der Waals surface area contributed by atoms with E-state index in [0.717, 1.165) is 12.8 Å². The summed E-state index contributed by atoms with van der Waals surface area (Å²) < 4.78 is 37.6. The van der Waals surface area contributed by atoms with Crippen molar-refractivity contribution in [1.29, 1.82) is 0 Å². The molecule has 0 spiro atoms. The number of carbonyl (C=O) groups is 1. The summed E-state index contributed by atoms with van der Waals surface area (Å²) in [4.78, 5) is 12.6. The summed E-state index contributed by atoms with van der Waals surface area (Å²) in [6, 6.07) is 10.9. The summed E-state index contributed by atoms with van der Waals surface area (Å²) in [5, 5.41) is 2.73. The van der Waals surface area contributed by atoms with Gasteiger partial charge in [-0.25, -0.2) is 13.1 Å². The van der Waals surface area contributed by atoms with E-state index in [1.807, 2.05) is 0 Å². The molecular formula is C18H20N2O5S. The molecule has 3 rings (SSSR count). The lowest BCUT2D eigenvalue weighted by Gasteiger charge is -2.11. The topological polar surface area (TPSA) is 93.7 Å². The van der Waals surface area contributed by atoms with E-state index in [4.69, 9.17) is 9.47 Å². The number of ether oxygens (including phenoxy) is 2. The van der Waals surface area contributed by atoms with Crippen molar-refractivity contribution in [2.45, 2.75) is 23.8 Å². The van der Waals surface area contributed by atoms with Crippen molar-refractivity contribution in [2.75, 3.05) is 19.5 Å². The van der Waals surface area contributed by atoms with Gasteiger partial charge in [-0.1, -0.05) is 6.07 Å². The molecule has 7 nitrogen and oxygen atoms in total. The van der Waals surface area contributed by atoms with Gasteiger partial charge in [0.1, 0.15) is 11.5 Å². The molecule has 0 radical (unpaired) electrons. The summed E-state index contributed by atoms with van der Waals surface area (Å²) >= 11 is 0. The highest BCUT2D eigenvalue weighted by Crippen LogP contribution is 2.26. The number of hydrogen-bond donors (Lipinski definition) is 2. The minimum Gasteiger partial charge on any atom is -0.497 e. The lowest BCUT2D eigenvalue weighted by Crippen LogP contribution is -2.26. The molecule has 26 heavy (non-hydrogen) atoms. The van der Waals surface area contributed by atoms with E-state index in [1.165, 1.54) is 26.4 Å². The van der Waals surface area contributed by atoms with Crippen LogP contribution >= 0.6 is 0 Å². The number of hydrogen-bond acceptors (Lipinski definition) is 5. The van der Waals surface area contributed by atoms with Crippen LogP contribution in [0.25, 0.3) is 0 Å². The monoisotopic (exact) mass is 376 g/mol. The zero-order valence-electron chi connectivity index (χ0n) is 14.5. The normalized spacial score (nSPS) is 13.9. The van der Waals surface area contributed by atoms with Crippen LogP contribution in [0.5, 0.6) is 11.5 Å². The number of amides is 1.